The Morgan fingerprint density at radius 1 is 0.750 bits per heavy atom. The van der Waals surface area contributed by atoms with Crippen molar-refractivity contribution in [2.75, 3.05) is 18.4 Å². The molecular formula is C43H57ClN4O8. The minimum atomic E-state index is -0.930. The Hall–Kier alpha value is -4.94. The van der Waals surface area contributed by atoms with Gasteiger partial charge < -0.3 is 24.3 Å². The second kappa shape index (κ2) is 18.8. The molecule has 0 saturated heterocycles. The summed E-state index contributed by atoms with van der Waals surface area (Å²) in [5, 5.41) is 5.67. The molecular weight excluding hydrogens is 736 g/mol. The molecule has 3 aromatic rings. The first-order chi connectivity index (χ1) is 25.7. The number of rotatable bonds is 10. The largest absolute Gasteiger partial charge is 0.459 e. The van der Waals surface area contributed by atoms with Crippen LogP contribution < -0.4 is 15.4 Å². The summed E-state index contributed by atoms with van der Waals surface area (Å²) in [6, 6.07) is 19.5. The van der Waals surface area contributed by atoms with Crippen LogP contribution in [0.15, 0.2) is 71.7 Å². The molecule has 0 atom stereocenters. The third-order valence-electron chi connectivity index (χ3n) is 7.50. The maximum atomic E-state index is 13.1. The molecule has 13 heteroatoms. The number of carbonyl (C=O) groups excluding carboxylic acids is 4. The van der Waals surface area contributed by atoms with E-state index in [4.69, 9.17) is 30.5 Å². The molecule has 0 aliphatic carbocycles. The van der Waals surface area contributed by atoms with Crippen molar-refractivity contribution in [2.24, 2.45) is 4.99 Å². The summed E-state index contributed by atoms with van der Waals surface area (Å²) in [4.78, 5) is 56.7. The molecule has 0 saturated carbocycles. The third-order valence-corrected chi connectivity index (χ3v) is 7.86. The van der Waals surface area contributed by atoms with Gasteiger partial charge in [0.15, 0.2) is 0 Å². The van der Waals surface area contributed by atoms with Crippen molar-refractivity contribution in [3.63, 3.8) is 0 Å². The average molecular weight is 793 g/mol. The normalized spacial score (nSPS) is 12.5. The van der Waals surface area contributed by atoms with Gasteiger partial charge in [-0.25, -0.2) is 14.4 Å². The van der Waals surface area contributed by atoms with Gasteiger partial charge in [-0.3, -0.25) is 15.0 Å². The summed E-state index contributed by atoms with van der Waals surface area (Å²) in [5.74, 6) is -0.922. The molecule has 304 valence electrons. The average Bonchev–Trinajstić information content (AvgIpc) is 3.01. The van der Waals surface area contributed by atoms with Crippen LogP contribution in [-0.4, -0.2) is 64.9 Å². The number of amides is 2. The van der Waals surface area contributed by atoms with Crippen LogP contribution in [-0.2, 0) is 37.4 Å². The number of halogens is 1. The zero-order valence-electron chi connectivity index (χ0n) is 34.7. The van der Waals surface area contributed by atoms with Crippen LogP contribution in [0.1, 0.15) is 110 Å². The predicted octanol–water partition coefficient (Wildman–Crippen LogP) is 9.47. The summed E-state index contributed by atoms with van der Waals surface area (Å²) in [7, 11) is 0. The van der Waals surface area contributed by atoms with E-state index in [1.807, 2.05) is 31.7 Å². The maximum absolute atomic E-state index is 13.1. The van der Waals surface area contributed by atoms with Crippen LogP contribution >= 0.6 is 11.6 Å². The highest BCUT2D eigenvalue weighted by atomic mass is 35.5. The second-order valence-electron chi connectivity index (χ2n) is 17.4. The highest BCUT2D eigenvalue weighted by Crippen LogP contribution is 2.26. The molecule has 12 nitrogen and oxygen atoms in total. The molecule has 0 aromatic heterocycles. The molecule has 0 bridgehead atoms. The lowest BCUT2D eigenvalue weighted by atomic mass is 9.86. The summed E-state index contributed by atoms with van der Waals surface area (Å²) in [5.41, 5.74) is 1.52. The number of hydrogen-bond acceptors (Lipinski definition) is 9. The minimum absolute atomic E-state index is 0.0165. The highest BCUT2D eigenvalue weighted by Gasteiger charge is 2.23. The smallest absolute Gasteiger partial charge is 0.437 e. The Kier molecular flexibility index (Phi) is 15.3. The number of ether oxygens (including phenoxy) is 4. The number of nitrogens with zero attached hydrogens (tertiary/aromatic N) is 2. The molecule has 2 N–H and O–H groups in total. The van der Waals surface area contributed by atoms with Crippen molar-refractivity contribution in [2.45, 2.75) is 118 Å². The molecule has 0 unspecified atom stereocenters. The molecule has 0 heterocycles. The van der Waals surface area contributed by atoms with Gasteiger partial charge in [-0.15, -0.1) is 4.99 Å². The van der Waals surface area contributed by atoms with Crippen LogP contribution in [0.2, 0.25) is 5.02 Å². The van der Waals surface area contributed by atoms with Crippen LogP contribution in [0, 0.1) is 0 Å². The first-order valence-corrected chi connectivity index (χ1v) is 18.9. The van der Waals surface area contributed by atoms with Gasteiger partial charge in [-0.05, 0) is 127 Å². The molecule has 0 radical (unpaired) electrons. The van der Waals surface area contributed by atoms with E-state index < -0.39 is 35.0 Å². The molecule has 3 rings (SSSR count). The van der Waals surface area contributed by atoms with Gasteiger partial charge in [0.25, 0.3) is 0 Å². The first-order valence-electron chi connectivity index (χ1n) is 18.5. The Bertz CT molecular complexity index is 1880. The summed E-state index contributed by atoms with van der Waals surface area (Å²) < 4.78 is 21.8. The topological polar surface area (TPSA) is 145 Å². The van der Waals surface area contributed by atoms with Gasteiger partial charge in [-0.1, -0.05) is 62.7 Å². The van der Waals surface area contributed by atoms with E-state index in [1.54, 1.807) is 71.9 Å². The van der Waals surface area contributed by atoms with E-state index in [-0.39, 0.29) is 35.2 Å². The van der Waals surface area contributed by atoms with Gasteiger partial charge in [-0.2, -0.15) is 0 Å². The van der Waals surface area contributed by atoms with E-state index in [1.165, 1.54) is 17.7 Å². The van der Waals surface area contributed by atoms with Crippen molar-refractivity contribution in [3.05, 3.63) is 94.0 Å². The number of anilines is 1. The summed E-state index contributed by atoms with van der Waals surface area (Å²) in [6.07, 6.45) is -1.23. The van der Waals surface area contributed by atoms with E-state index in [9.17, 15) is 19.2 Å². The number of aliphatic imine (C=N–C) groups is 1. The quantitative estimate of drug-likeness (QED) is 0.0670. The lowest BCUT2D eigenvalue weighted by Gasteiger charge is -2.26. The molecule has 56 heavy (non-hydrogen) atoms. The fourth-order valence-electron chi connectivity index (χ4n) is 5.09. The SMILES string of the molecule is CC(C)(C)OC(=O)CN(CCc1ccc(OC(=O)c2ccc(N/C(=N\C(=O)OC(C)(C)C)NC(=O)OC(C)(C)C)cc2)cc1Cl)Cc1cccc(C(C)(C)C)c1. The van der Waals surface area contributed by atoms with Crippen molar-refractivity contribution < 1.29 is 38.1 Å². The molecule has 0 aliphatic rings. The standard InChI is InChI=1S/C43H57ClN4O8/c1-40(2,3)31-15-13-14-28(24-31)26-48(27-35(49)54-41(4,5)6)23-22-29-18-21-33(25-34(29)44)53-36(50)30-16-19-32(20-17-30)45-37(46-38(51)55-42(7,8)9)47-39(52)56-43(10,11)12/h13-21,24-25H,22-23,26-27H2,1-12H3,(H2,45,46,47,51,52). The van der Waals surface area contributed by atoms with Gasteiger partial charge in [0.2, 0.25) is 5.96 Å². The fraction of sp³-hybridized carbons (Fsp3) is 0.465. The van der Waals surface area contributed by atoms with Crippen molar-refractivity contribution >= 4 is 47.4 Å². The third kappa shape index (κ3) is 16.8. The van der Waals surface area contributed by atoms with Gasteiger partial charge in [0.05, 0.1) is 12.1 Å². The van der Waals surface area contributed by atoms with E-state index in [0.717, 1.165) is 11.1 Å². The molecule has 0 spiro atoms. The lowest BCUT2D eigenvalue weighted by Crippen LogP contribution is -2.40. The monoisotopic (exact) mass is 792 g/mol. The van der Waals surface area contributed by atoms with Gasteiger partial charge >= 0.3 is 24.1 Å². The summed E-state index contributed by atoms with van der Waals surface area (Å²) in [6.45, 7) is 23.4. The Morgan fingerprint density at radius 3 is 1.95 bits per heavy atom. The Morgan fingerprint density at radius 2 is 1.38 bits per heavy atom. The summed E-state index contributed by atoms with van der Waals surface area (Å²) >= 11 is 6.69. The van der Waals surface area contributed by atoms with E-state index in [0.29, 0.717) is 30.2 Å². The second-order valence-corrected chi connectivity index (χ2v) is 17.8. The zero-order chi connectivity index (χ0) is 42.1. The maximum Gasteiger partial charge on any atom is 0.437 e. The van der Waals surface area contributed by atoms with E-state index in [2.05, 4.69) is 54.6 Å². The lowest BCUT2D eigenvalue weighted by molar-refractivity contribution is -0.156. The predicted molar refractivity (Wildman–Crippen MR) is 219 cm³/mol. The molecule has 0 fully saturated rings. The number of benzene rings is 3. The Labute approximate surface area is 336 Å². The number of guanidine groups is 1. The molecule has 2 amide bonds. The van der Waals surface area contributed by atoms with Gasteiger partial charge in [0, 0.05) is 23.8 Å². The fourth-order valence-corrected chi connectivity index (χ4v) is 5.36. The number of nitrogens with one attached hydrogen (secondary N) is 2. The highest BCUT2D eigenvalue weighted by molar-refractivity contribution is 6.31. The van der Waals surface area contributed by atoms with Crippen molar-refractivity contribution in [1.82, 2.24) is 10.2 Å². The number of esters is 2. The number of hydrogen-bond donors (Lipinski definition) is 2. The van der Waals surface area contributed by atoms with E-state index >= 15 is 0 Å². The van der Waals surface area contributed by atoms with Crippen molar-refractivity contribution in [1.29, 1.82) is 0 Å². The Balaban J connectivity index is 1.70. The zero-order valence-corrected chi connectivity index (χ0v) is 35.5. The van der Waals surface area contributed by atoms with Crippen LogP contribution in [0.4, 0.5) is 15.3 Å². The minimum Gasteiger partial charge on any atom is -0.459 e. The number of carbonyl (C=O) groups is 4. The first kappa shape index (κ1) is 45.4. The van der Waals surface area contributed by atoms with Gasteiger partial charge in [0.1, 0.15) is 22.6 Å². The molecule has 3 aromatic carbocycles. The number of alkyl carbamates (subject to hydrolysis) is 1. The van der Waals surface area contributed by atoms with Crippen LogP contribution in [0.25, 0.3) is 0 Å². The molecule has 0 aliphatic heterocycles. The van der Waals surface area contributed by atoms with Crippen LogP contribution in [0.3, 0.4) is 0 Å². The van der Waals surface area contributed by atoms with Crippen LogP contribution in [0.5, 0.6) is 5.75 Å². The van der Waals surface area contributed by atoms with Crippen molar-refractivity contribution in [3.8, 4) is 5.75 Å².